The summed E-state index contributed by atoms with van der Waals surface area (Å²) >= 11 is 5.66. The predicted octanol–water partition coefficient (Wildman–Crippen LogP) is 4.43. The second-order valence-corrected chi connectivity index (χ2v) is 10.6. The molecule has 1 saturated heterocycles. The molecule has 1 unspecified atom stereocenters. The second kappa shape index (κ2) is 10.5. The van der Waals surface area contributed by atoms with Crippen LogP contribution in [0.2, 0.25) is 5.02 Å². The summed E-state index contributed by atoms with van der Waals surface area (Å²) in [6.45, 7) is 4.28. The van der Waals surface area contributed by atoms with Crippen molar-refractivity contribution in [2.24, 2.45) is 0 Å². The van der Waals surface area contributed by atoms with Crippen molar-refractivity contribution in [1.29, 1.82) is 0 Å². The van der Waals surface area contributed by atoms with Gasteiger partial charge in [0.2, 0.25) is 15.9 Å². The van der Waals surface area contributed by atoms with Crippen LogP contribution in [0.1, 0.15) is 36.5 Å². The van der Waals surface area contributed by atoms with Gasteiger partial charge in [-0.25, -0.2) is 8.42 Å². The molecule has 0 spiro atoms. The molecular weight excluding hydrogens is 491 g/mol. The van der Waals surface area contributed by atoms with Gasteiger partial charge in [-0.15, -0.1) is 0 Å². The number of benzene rings is 2. The number of alkyl halides is 3. The zero-order valence-corrected chi connectivity index (χ0v) is 20.5. The highest BCUT2D eigenvalue weighted by Gasteiger charge is 2.36. The van der Waals surface area contributed by atoms with E-state index in [1.165, 1.54) is 6.92 Å². The van der Waals surface area contributed by atoms with Gasteiger partial charge >= 0.3 is 6.18 Å². The lowest BCUT2D eigenvalue weighted by Gasteiger charge is -2.29. The number of carbonyl (C=O) groups is 1. The maximum atomic E-state index is 13.3. The third-order valence-electron chi connectivity index (χ3n) is 5.76. The Morgan fingerprint density at radius 3 is 2.35 bits per heavy atom. The predicted molar refractivity (Wildman–Crippen MR) is 126 cm³/mol. The first kappa shape index (κ1) is 26.3. The van der Waals surface area contributed by atoms with Crippen molar-refractivity contribution in [3.63, 3.8) is 0 Å². The molecular formula is C23H27ClF3N3O3S. The summed E-state index contributed by atoms with van der Waals surface area (Å²) in [6.07, 6.45) is -1.64. The molecule has 1 amide bonds. The minimum absolute atomic E-state index is 0.166. The number of nitrogens with zero attached hydrogens (tertiary/aromatic N) is 2. The van der Waals surface area contributed by atoms with E-state index in [-0.39, 0.29) is 12.2 Å². The van der Waals surface area contributed by atoms with Gasteiger partial charge in [-0.1, -0.05) is 35.9 Å². The SMILES string of the molecule is CC(C(=O)NCc1ccccc1CN1CCCC1)N(c1ccc(Cl)c(C(F)(F)F)c1)S(C)(=O)=O. The van der Waals surface area contributed by atoms with Crippen molar-refractivity contribution >= 4 is 33.2 Å². The molecule has 1 atom stereocenters. The van der Waals surface area contributed by atoms with Crippen LogP contribution in [0.25, 0.3) is 0 Å². The summed E-state index contributed by atoms with van der Waals surface area (Å²) < 4.78 is 65.5. The minimum Gasteiger partial charge on any atom is -0.350 e. The number of hydrogen-bond donors (Lipinski definition) is 1. The van der Waals surface area contributed by atoms with Gasteiger partial charge in [0.15, 0.2) is 0 Å². The normalized spacial score (nSPS) is 15.8. The Morgan fingerprint density at radius 2 is 1.76 bits per heavy atom. The lowest BCUT2D eigenvalue weighted by atomic mass is 10.1. The number of halogens is 4. The first-order chi connectivity index (χ1) is 15.9. The van der Waals surface area contributed by atoms with Crippen LogP contribution in [0, 0.1) is 0 Å². The molecule has 0 bridgehead atoms. The van der Waals surface area contributed by atoms with E-state index in [2.05, 4.69) is 10.2 Å². The molecule has 0 radical (unpaired) electrons. The molecule has 1 fully saturated rings. The maximum absolute atomic E-state index is 13.3. The Balaban J connectivity index is 1.79. The fourth-order valence-corrected chi connectivity index (χ4v) is 5.46. The summed E-state index contributed by atoms with van der Waals surface area (Å²) in [5, 5.41) is 2.17. The molecule has 1 aliphatic rings. The third kappa shape index (κ3) is 6.43. The molecule has 2 aromatic carbocycles. The topological polar surface area (TPSA) is 69.7 Å². The summed E-state index contributed by atoms with van der Waals surface area (Å²) in [5.41, 5.74) is 0.483. The number of likely N-dealkylation sites (tertiary alicyclic amines) is 1. The van der Waals surface area contributed by atoms with Gasteiger partial charge in [-0.3, -0.25) is 14.0 Å². The number of hydrogen-bond acceptors (Lipinski definition) is 4. The molecule has 11 heteroatoms. The van der Waals surface area contributed by atoms with Gasteiger partial charge in [-0.05, 0) is 62.2 Å². The van der Waals surface area contributed by atoms with Crippen molar-refractivity contribution in [2.75, 3.05) is 23.7 Å². The molecule has 1 heterocycles. The van der Waals surface area contributed by atoms with E-state index in [1.54, 1.807) is 0 Å². The standard InChI is InChI=1S/C23H27ClF3N3O3S/c1-16(30(34(2,32)33)19-9-10-21(24)20(13-19)23(25,26)27)22(31)28-14-17-7-3-4-8-18(17)15-29-11-5-6-12-29/h3-4,7-10,13,16H,5-6,11-12,14-15H2,1-2H3,(H,28,31). The monoisotopic (exact) mass is 517 g/mol. The lowest BCUT2D eigenvalue weighted by Crippen LogP contribution is -2.47. The number of amides is 1. The number of rotatable bonds is 8. The second-order valence-electron chi connectivity index (χ2n) is 8.37. The molecule has 186 valence electrons. The van der Waals surface area contributed by atoms with Crippen LogP contribution in [0.4, 0.5) is 18.9 Å². The molecule has 3 rings (SSSR count). The fraction of sp³-hybridized carbons (Fsp3) is 0.435. The maximum Gasteiger partial charge on any atom is 0.417 e. The summed E-state index contributed by atoms with van der Waals surface area (Å²) in [4.78, 5) is 15.2. The average molecular weight is 518 g/mol. The van der Waals surface area contributed by atoms with Crippen LogP contribution in [0.5, 0.6) is 0 Å². The van der Waals surface area contributed by atoms with E-state index in [1.807, 2.05) is 24.3 Å². The number of nitrogens with one attached hydrogen (secondary N) is 1. The van der Waals surface area contributed by atoms with Gasteiger partial charge in [0.05, 0.1) is 22.5 Å². The van der Waals surface area contributed by atoms with Crippen molar-refractivity contribution < 1.29 is 26.4 Å². The number of carbonyl (C=O) groups excluding carboxylic acids is 1. The van der Waals surface area contributed by atoms with E-state index >= 15 is 0 Å². The largest absolute Gasteiger partial charge is 0.417 e. The Kier molecular flexibility index (Phi) is 8.15. The van der Waals surface area contributed by atoms with Crippen LogP contribution >= 0.6 is 11.6 Å². The molecule has 0 aromatic heterocycles. The van der Waals surface area contributed by atoms with E-state index in [0.29, 0.717) is 10.4 Å². The number of anilines is 1. The van der Waals surface area contributed by atoms with Crippen molar-refractivity contribution in [3.05, 3.63) is 64.2 Å². The van der Waals surface area contributed by atoms with Crippen molar-refractivity contribution in [3.8, 4) is 0 Å². The molecule has 6 nitrogen and oxygen atoms in total. The van der Waals surface area contributed by atoms with Gasteiger partial charge in [0, 0.05) is 13.1 Å². The van der Waals surface area contributed by atoms with Crippen LogP contribution in [0.15, 0.2) is 42.5 Å². The van der Waals surface area contributed by atoms with E-state index in [4.69, 9.17) is 11.6 Å². The fourth-order valence-electron chi connectivity index (χ4n) is 4.07. The Hall–Kier alpha value is -2.30. The van der Waals surface area contributed by atoms with E-state index in [9.17, 15) is 26.4 Å². The van der Waals surface area contributed by atoms with Crippen LogP contribution < -0.4 is 9.62 Å². The Morgan fingerprint density at radius 1 is 1.15 bits per heavy atom. The first-order valence-electron chi connectivity index (χ1n) is 10.8. The average Bonchev–Trinajstić information content (AvgIpc) is 3.25. The van der Waals surface area contributed by atoms with Gasteiger partial charge in [0.25, 0.3) is 0 Å². The van der Waals surface area contributed by atoms with Gasteiger partial charge in [-0.2, -0.15) is 13.2 Å². The molecule has 1 N–H and O–H groups in total. The Bertz CT molecular complexity index is 1140. The molecule has 1 aliphatic heterocycles. The lowest BCUT2D eigenvalue weighted by molar-refractivity contribution is -0.137. The number of sulfonamides is 1. The van der Waals surface area contributed by atoms with Crippen LogP contribution in [-0.2, 0) is 34.1 Å². The highest BCUT2D eigenvalue weighted by Crippen LogP contribution is 2.37. The zero-order chi connectivity index (χ0) is 25.1. The zero-order valence-electron chi connectivity index (χ0n) is 18.9. The Labute approximate surface area is 202 Å². The van der Waals surface area contributed by atoms with E-state index in [0.717, 1.165) is 62.0 Å². The van der Waals surface area contributed by atoms with Crippen molar-refractivity contribution in [1.82, 2.24) is 10.2 Å². The summed E-state index contributed by atoms with van der Waals surface area (Å²) in [7, 11) is -4.09. The summed E-state index contributed by atoms with van der Waals surface area (Å²) in [6, 6.07) is 9.11. The van der Waals surface area contributed by atoms with Gasteiger partial charge < -0.3 is 5.32 Å². The highest BCUT2D eigenvalue weighted by atomic mass is 35.5. The molecule has 0 saturated carbocycles. The van der Waals surface area contributed by atoms with Crippen LogP contribution in [0.3, 0.4) is 0 Å². The van der Waals surface area contributed by atoms with E-state index < -0.39 is 38.7 Å². The molecule has 34 heavy (non-hydrogen) atoms. The molecule has 0 aliphatic carbocycles. The van der Waals surface area contributed by atoms with Crippen molar-refractivity contribution in [2.45, 2.75) is 45.1 Å². The minimum atomic E-state index is -4.78. The third-order valence-corrected chi connectivity index (χ3v) is 7.33. The first-order valence-corrected chi connectivity index (χ1v) is 13.0. The highest BCUT2D eigenvalue weighted by molar-refractivity contribution is 7.92. The summed E-state index contributed by atoms with van der Waals surface area (Å²) in [5.74, 6) is -0.634. The van der Waals surface area contributed by atoms with Gasteiger partial charge in [0.1, 0.15) is 6.04 Å². The van der Waals surface area contributed by atoms with Crippen LogP contribution in [-0.4, -0.2) is 44.6 Å². The quantitative estimate of drug-likeness (QED) is 0.562. The smallest absolute Gasteiger partial charge is 0.350 e. The molecule has 2 aromatic rings.